The van der Waals surface area contributed by atoms with Gasteiger partial charge in [0.1, 0.15) is 11.6 Å². The van der Waals surface area contributed by atoms with Gasteiger partial charge in [-0.05, 0) is 45.7 Å². The van der Waals surface area contributed by atoms with E-state index < -0.39 is 0 Å². The Morgan fingerprint density at radius 3 is 2.52 bits per heavy atom. The molecule has 0 bridgehead atoms. The number of nitrogens with zero attached hydrogens (tertiary/aromatic N) is 2. The normalized spacial score (nSPS) is 16.7. The molecule has 5 heteroatoms. The van der Waals surface area contributed by atoms with E-state index in [1.54, 1.807) is 6.07 Å². The Morgan fingerprint density at radius 1 is 1.29 bits per heavy atom. The van der Waals surface area contributed by atoms with Gasteiger partial charge in [-0.25, -0.2) is 4.98 Å². The van der Waals surface area contributed by atoms with Gasteiger partial charge in [0, 0.05) is 24.6 Å². The third-order valence-electron chi connectivity index (χ3n) is 4.12. The minimum Gasteiger partial charge on any atom is -0.354 e. The van der Waals surface area contributed by atoms with Crippen LogP contribution < -0.4 is 15.8 Å². The Labute approximate surface area is 127 Å². The lowest BCUT2D eigenvalue weighted by molar-refractivity contribution is 0.367. The lowest BCUT2D eigenvalue weighted by Crippen LogP contribution is -2.40. The van der Waals surface area contributed by atoms with E-state index in [-0.39, 0.29) is 11.5 Å². The number of anilines is 1. The van der Waals surface area contributed by atoms with Crippen molar-refractivity contribution in [1.29, 1.82) is 0 Å². The largest absolute Gasteiger partial charge is 0.354 e. The predicted octanol–water partition coefficient (Wildman–Crippen LogP) is 2.11. The van der Waals surface area contributed by atoms with Crippen molar-refractivity contribution < 1.29 is 0 Å². The summed E-state index contributed by atoms with van der Waals surface area (Å²) < 4.78 is 0. The average molecular weight is 292 g/mol. The Balaban J connectivity index is 2.22. The van der Waals surface area contributed by atoms with Crippen molar-refractivity contribution in [2.24, 2.45) is 5.92 Å². The number of aromatic amines is 1. The molecule has 1 aromatic rings. The van der Waals surface area contributed by atoms with E-state index in [4.69, 9.17) is 0 Å². The van der Waals surface area contributed by atoms with E-state index in [0.717, 1.165) is 31.3 Å². The van der Waals surface area contributed by atoms with Crippen LogP contribution in [0.2, 0.25) is 0 Å². The lowest BCUT2D eigenvalue weighted by Gasteiger charge is -2.33. The van der Waals surface area contributed by atoms with Gasteiger partial charge >= 0.3 is 0 Å². The van der Waals surface area contributed by atoms with E-state index in [9.17, 15) is 4.79 Å². The number of aromatic nitrogens is 2. The summed E-state index contributed by atoms with van der Waals surface area (Å²) in [6, 6.07) is 1.97. The Bertz CT molecular complexity index is 503. The number of hydrogen-bond donors (Lipinski definition) is 2. The molecule has 118 valence electrons. The minimum atomic E-state index is -0.0559. The van der Waals surface area contributed by atoms with Crippen LogP contribution in [0.25, 0.3) is 0 Å². The number of H-pyrrole nitrogens is 1. The number of piperidine rings is 1. The maximum Gasteiger partial charge on any atom is 0.252 e. The van der Waals surface area contributed by atoms with Crippen LogP contribution in [0.3, 0.4) is 0 Å². The second-order valence-corrected chi connectivity index (χ2v) is 6.58. The van der Waals surface area contributed by atoms with Crippen LogP contribution in [0.15, 0.2) is 10.9 Å². The molecule has 0 aliphatic carbocycles. The second-order valence-electron chi connectivity index (χ2n) is 6.58. The first kappa shape index (κ1) is 16.0. The van der Waals surface area contributed by atoms with Crippen molar-refractivity contribution in [1.82, 2.24) is 15.3 Å². The molecule has 1 aliphatic rings. The first-order valence-electron chi connectivity index (χ1n) is 8.06. The smallest absolute Gasteiger partial charge is 0.252 e. The SMILES string of the molecule is CC(C)c1nc(N(CC2CCNCC2)C(C)C)cc(=O)[nH]1. The number of rotatable bonds is 5. The van der Waals surface area contributed by atoms with Crippen molar-refractivity contribution in [3.8, 4) is 0 Å². The van der Waals surface area contributed by atoms with E-state index >= 15 is 0 Å². The molecular weight excluding hydrogens is 264 g/mol. The van der Waals surface area contributed by atoms with Gasteiger partial charge in [0.05, 0.1) is 0 Å². The minimum absolute atomic E-state index is 0.0559. The highest BCUT2D eigenvalue weighted by Crippen LogP contribution is 2.20. The van der Waals surface area contributed by atoms with Crippen molar-refractivity contribution in [2.45, 2.75) is 52.5 Å². The van der Waals surface area contributed by atoms with E-state index in [1.165, 1.54) is 12.8 Å². The van der Waals surface area contributed by atoms with Crippen LogP contribution in [0.1, 0.15) is 52.3 Å². The third kappa shape index (κ3) is 4.30. The monoisotopic (exact) mass is 292 g/mol. The van der Waals surface area contributed by atoms with Gasteiger partial charge in [0.15, 0.2) is 0 Å². The maximum absolute atomic E-state index is 11.9. The van der Waals surface area contributed by atoms with Gasteiger partial charge in [0.25, 0.3) is 5.56 Å². The first-order chi connectivity index (χ1) is 9.97. The van der Waals surface area contributed by atoms with Gasteiger partial charge in [-0.2, -0.15) is 0 Å². The number of hydrogen-bond acceptors (Lipinski definition) is 4. The summed E-state index contributed by atoms with van der Waals surface area (Å²) in [5.74, 6) is 2.49. The van der Waals surface area contributed by atoms with E-state index in [2.05, 4.69) is 47.9 Å². The molecular formula is C16H28N4O. The number of nitrogens with one attached hydrogen (secondary N) is 2. The predicted molar refractivity (Wildman–Crippen MR) is 87.0 cm³/mol. The fraction of sp³-hybridized carbons (Fsp3) is 0.750. The summed E-state index contributed by atoms with van der Waals surface area (Å²) >= 11 is 0. The zero-order valence-electron chi connectivity index (χ0n) is 13.6. The first-order valence-corrected chi connectivity index (χ1v) is 8.06. The molecule has 5 nitrogen and oxygen atoms in total. The fourth-order valence-electron chi connectivity index (χ4n) is 2.80. The van der Waals surface area contributed by atoms with Gasteiger partial charge in [0.2, 0.25) is 0 Å². The highest BCUT2D eigenvalue weighted by atomic mass is 16.1. The highest BCUT2D eigenvalue weighted by molar-refractivity contribution is 5.39. The molecule has 0 saturated carbocycles. The van der Waals surface area contributed by atoms with Crippen LogP contribution in [-0.4, -0.2) is 35.6 Å². The van der Waals surface area contributed by atoms with Crippen LogP contribution in [-0.2, 0) is 0 Å². The molecule has 2 heterocycles. The summed E-state index contributed by atoms with van der Waals surface area (Å²) in [5, 5.41) is 3.40. The Morgan fingerprint density at radius 2 is 1.95 bits per heavy atom. The van der Waals surface area contributed by atoms with Crippen LogP contribution in [0, 0.1) is 5.92 Å². The summed E-state index contributed by atoms with van der Waals surface area (Å²) in [4.78, 5) is 21.7. The van der Waals surface area contributed by atoms with Gasteiger partial charge in [-0.1, -0.05) is 13.8 Å². The van der Waals surface area contributed by atoms with Crippen molar-refractivity contribution in [2.75, 3.05) is 24.5 Å². The molecule has 1 aromatic heterocycles. The third-order valence-corrected chi connectivity index (χ3v) is 4.12. The van der Waals surface area contributed by atoms with Crippen LogP contribution in [0.4, 0.5) is 5.82 Å². The van der Waals surface area contributed by atoms with Gasteiger partial charge in [-0.3, -0.25) is 4.79 Å². The topological polar surface area (TPSA) is 61.0 Å². The fourth-order valence-corrected chi connectivity index (χ4v) is 2.80. The molecule has 0 atom stereocenters. The van der Waals surface area contributed by atoms with Crippen molar-refractivity contribution >= 4 is 5.82 Å². The summed E-state index contributed by atoms with van der Waals surface area (Å²) in [6.07, 6.45) is 2.40. The van der Waals surface area contributed by atoms with Gasteiger partial charge < -0.3 is 15.2 Å². The standard InChI is InChI=1S/C16H28N4O/c1-11(2)16-18-14(9-15(21)19-16)20(12(3)4)10-13-5-7-17-8-6-13/h9,11-13,17H,5-8,10H2,1-4H3,(H,18,19,21). The Kier molecular flexibility index (Phi) is 5.39. The molecule has 2 rings (SSSR count). The van der Waals surface area contributed by atoms with Crippen LogP contribution in [0.5, 0.6) is 0 Å². The summed E-state index contributed by atoms with van der Waals surface area (Å²) in [7, 11) is 0. The average Bonchev–Trinajstić information content (AvgIpc) is 2.44. The Hall–Kier alpha value is -1.36. The van der Waals surface area contributed by atoms with Crippen molar-refractivity contribution in [3.63, 3.8) is 0 Å². The van der Waals surface area contributed by atoms with Crippen LogP contribution >= 0.6 is 0 Å². The molecule has 0 radical (unpaired) electrons. The quantitative estimate of drug-likeness (QED) is 0.872. The highest BCUT2D eigenvalue weighted by Gasteiger charge is 2.21. The summed E-state index contributed by atoms with van der Waals surface area (Å²) in [6.45, 7) is 11.6. The van der Waals surface area contributed by atoms with Gasteiger partial charge in [-0.15, -0.1) is 0 Å². The molecule has 1 fully saturated rings. The second kappa shape index (κ2) is 7.07. The molecule has 1 saturated heterocycles. The molecule has 21 heavy (non-hydrogen) atoms. The van der Waals surface area contributed by atoms with E-state index in [0.29, 0.717) is 12.0 Å². The molecule has 1 aliphatic heterocycles. The maximum atomic E-state index is 11.9. The molecule has 0 amide bonds. The summed E-state index contributed by atoms with van der Waals surface area (Å²) in [5.41, 5.74) is -0.0559. The molecule has 0 aromatic carbocycles. The molecule has 0 unspecified atom stereocenters. The lowest BCUT2D eigenvalue weighted by atomic mass is 9.97. The van der Waals surface area contributed by atoms with E-state index in [1.807, 2.05) is 0 Å². The zero-order chi connectivity index (χ0) is 15.4. The zero-order valence-corrected chi connectivity index (χ0v) is 13.6. The molecule has 0 spiro atoms. The molecule has 2 N–H and O–H groups in total. The van der Waals surface area contributed by atoms with Crippen molar-refractivity contribution in [3.05, 3.63) is 22.2 Å².